The number of hydrogen-bond donors (Lipinski definition) is 1. The van der Waals surface area contributed by atoms with Gasteiger partial charge < -0.3 is 9.84 Å². The van der Waals surface area contributed by atoms with Gasteiger partial charge in [0.25, 0.3) is 0 Å². The summed E-state index contributed by atoms with van der Waals surface area (Å²) in [6, 6.07) is 0. The Labute approximate surface area is 128 Å². The standard InChI is InChI=1S/C16H29NO4/c1-4-7-8-9-10-14(16(19)20)13-17(5-2)12-11-15(18)21-6-3/h10H,4-9,11-13H2,1-3H3,(H,19,20). The van der Waals surface area contributed by atoms with Crippen LogP contribution in [0, 0.1) is 0 Å². The number of allylic oxidation sites excluding steroid dienone is 1. The van der Waals surface area contributed by atoms with Crippen LogP contribution in [0.2, 0.25) is 0 Å². The summed E-state index contributed by atoms with van der Waals surface area (Å²) in [4.78, 5) is 24.6. The molecule has 0 aromatic heterocycles. The molecule has 0 saturated heterocycles. The third-order valence-corrected chi connectivity index (χ3v) is 3.25. The molecule has 0 spiro atoms. The summed E-state index contributed by atoms with van der Waals surface area (Å²) >= 11 is 0. The van der Waals surface area contributed by atoms with Crippen LogP contribution in [0.1, 0.15) is 52.9 Å². The fourth-order valence-electron chi connectivity index (χ4n) is 1.96. The van der Waals surface area contributed by atoms with E-state index in [0.29, 0.717) is 38.2 Å². The Bertz CT molecular complexity index is 339. The number of esters is 1. The first kappa shape index (κ1) is 19.6. The Balaban J connectivity index is 4.36. The number of hydrogen-bond acceptors (Lipinski definition) is 4. The van der Waals surface area contributed by atoms with Crippen molar-refractivity contribution in [3.63, 3.8) is 0 Å². The van der Waals surface area contributed by atoms with Crippen LogP contribution in [0.4, 0.5) is 0 Å². The lowest BCUT2D eigenvalue weighted by molar-refractivity contribution is -0.143. The zero-order chi connectivity index (χ0) is 16.1. The molecule has 5 heteroatoms. The van der Waals surface area contributed by atoms with E-state index in [1.165, 1.54) is 0 Å². The predicted molar refractivity (Wildman–Crippen MR) is 83.2 cm³/mol. The molecular formula is C16H29NO4. The van der Waals surface area contributed by atoms with Crippen molar-refractivity contribution in [2.24, 2.45) is 0 Å². The first-order valence-electron chi connectivity index (χ1n) is 7.85. The van der Waals surface area contributed by atoms with Crippen molar-refractivity contribution in [1.29, 1.82) is 0 Å². The van der Waals surface area contributed by atoms with Crippen molar-refractivity contribution >= 4 is 11.9 Å². The Morgan fingerprint density at radius 3 is 2.43 bits per heavy atom. The van der Waals surface area contributed by atoms with Crippen molar-refractivity contribution in [3.8, 4) is 0 Å². The molecule has 0 aliphatic carbocycles. The van der Waals surface area contributed by atoms with Gasteiger partial charge in [-0.05, 0) is 26.3 Å². The molecule has 0 heterocycles. The normalized spacial score (nSPS) is 11.7. The molecule has 0 radical (unpaired) electrons. The van der Waals surface area contributed by atoms with Gasteiger partial charge in [0.1, 0.15) is 0 Å². The fraction of sp³-hybridized carbons (Fsp3) is 0.750. The van der Waals surface area contributed by atoms with E-state index in [2.05, 4.69) is 6.92 Å². The molecule has 0 fully saturated rings. The lowest BCUT2D eigenvalue weighted by Gasteiger charge is -2.20. The molecule has 21 heavy (non-hydrogen) atoms. The minimum absolute atomic E-state index is 0.236. The monoisotopic (exact) mass is 299 g/mol. The molecule has 0 unspecified atom stereocenters. The molecule has 0 aromatic carbocycles. The summed E-state index contributed by atoms with van der Waals surface area (Å²) in [5.74, 6) is -1.11. The highest BCUT2D eigenvalue weighted by Gasteiger charge is 2.13. The lowest BCUT2D eigenvalue weighted by atomic mass is 10.1. The van der Waals surface area contributed by atoms with E-state index in [0.717, 1.165) is 25.7 Å². The van der Waals surface area contributed by atoms with Crippen molar-refractivity contribution in [1.82, 2.24) is 4.90 Å². The van der Waals surface area contributed by atoms with Gasteiger partial charge >= 0.3 is 11.9 Å². The summed E-state index contributed by atoms with van der Waals surface area (Å²) in [6.07, 6.45) is 6.16. The zero-order valence-corrected chi connectivity index (χ0v) is 13.6. The van der Waals surface area contributed by atoms with Gasteiger partial charge in [0.05, 0.1) is 13.0 Å². The van der Waals surface area contributed by atoms with Crippen LogP contribution in [-0.4, -0.2) is 48.2 Å². The number of ether oxygens (including phenoxy) is 1. The Morgan fingerprint density at radius 2 is 1.90 bits per heavy atom. The van der Waals surface area contributed by atoms with Crippen LogP contribution >= 0.6 is 0 Å². The highest BCUT2D eigenvalue weighted by atomic mass is 16.5. The van der Waals surface area contributed by atoms with Gasteiger partial charge in [0, 0.05) is 18.7 Å². The average Bonchev–Trinajstić information content (AvgIpc) is 2.45. The number of rotatable bonds is 12. The Morgan fingerprint density at radius 1 is 1.19 bits per heavy atom. The summed E-state index contributed by atoms with van der Waals surface area (Å²) in [5.41, 5.74) is 0.414. The maximum atomic E-state index is 11.3. The van der Waals surface area contributed by atoms with E-state index in [1.54, 1.807) is 6.92 Å². The number of carboxylic acid groups (broad SMARTS) is 1. The molecular weight excluding hydrogens is 270 g/mol. The Kier molecular flexibility index (Phi) is 11.6. The van der Waals surface area contributed by atoms with Gasteiger partial charge in [-0.15, -0.1) is 0 Å². The SMILES string of the molecule is CCCCCC=C(CN(CC)CCC(=O)OCC)C(=O)O. The summed E-state index contributed by atoms with van der Waals surface area (Å²) in [7, 11) is 0. The first-order chi connectivity index (χ1) is 10.0. The molecule has 5 nitrogen and oxygen atoms in total. The quantitative estimate of drug-likeness (QED) is 0.341. The smallest absolute Gasteiger partial charge is 0.332 e. The van der Waals surface area contributed by atoms with E-state index in [1.807, 2.05) is 17.9 Å². The lowest BCUT2D eigenvalue weighted by Crippen LogP contribution is -2.30. The van der Waals surface area contributed by atoms with Gasteiger partial charge in [-0.25, -0.2) is 4.79 Å². The van der Waals surface area contributed by atoms with Crippen LogP contribution in [0.5, 0.6) is 0 Å². The number of aliphatic carboxylic acids is 1. The van der Waals surface area contributed by atoms with Crippen LogP contribution in [0.3, 0.4) is 0 Å². The minimum atomic E-state index is -0.874. The van der Waals surface area contributed by atoms with E-state index in [9.17, 15) is 14.7 Å². The van der Waals surface area contributed by atoms with Crippen molar-refractivity contribution < 1.29 is 19.4 Å². The van der Waals surface area contributed by atoms with E-state index >= 15 is 0 Å². The summed E-state index contributed by atoms with van der Waals surface area (Å²) < 4.78 is 4.88. The van der Waals surface area contributed by atoms with E-state index < -0.39 is 5.97 Å². The molecule has 0 rings (SSSR count). The van der Waals surface area contributed by atoms with Gasteiger partial charge in [-0.3, -0.25) is 9.69 Å². The average molecular weight is 299 g/mol. The molecule has 0 aromatic rings. The van der Waals surface area contributed by atoms with Crippen molar-refractivity contribution in [2.45, 2.75) is 52.9 Å². The number of carboxylic acids is 1. The third-order valence-electron chi connectivity index (χ3n) is 3.25. The molecule has 0 amide bonds. The summed E-state index contributed by atoms with van der Waals surface area (Å²) in [5, 5.41) is 9.25. The van der Waals surface area contributed by atoms with Gasteiger partial charge in [0.2, 0.25) is 0 Å². The zero-order valence-electron chi connectivity index (χ0n) is 13.6. The number of nitrogens with zero attached hydrogens (tertiary/aromatic N) is 1. The van der Waals surface area contributed by atoms with E-state index in [4.69, 9.17) is 4.74 Å². The maximum Gasteiger partial charge on any atom is 0.332 e. The number of carbonyl (C=O) groups excluding carboxylic acids is 1. The van der Waals surface area contributed by atoms with Gasteiger partial charge in [-0.1, -0.05) is 32.8 Å². The topological polar surface area (TPSA) is 66.8 Å². The van der Waals surface area contributed by atoms with Crippen LogP contribution in [-0.2, 0) is 14.3 Å². The second-order valence-electron chi connectivity index (χ2n) is 4.95. The number of likely N-dealkylation sites (N-methyl/N-ethyl adjacent to an activating group) is 1. The number of unbranched alkanes of at least 4 members (excludes halogenated alkanes) is 3. The van der Waals surface area contributed by atoms with Crippen LogP contribution in [0.25, 0.3) is 0 Å². The minimum Gasteiger partial charge on any atom is -0.478 e. The van der Waals surface area contributed by atoms with Gasteiger partial charge in [0.15, 0.2) is 0 Å². The Hall–Kier alpha value is -1.36. The maximum absolute atomic E-state index is 11.3. The van der Waals surface area contributed by atoms with E-state index in [-0.39, 0.29) is 5.97 Å². The highest BCUT2D eigenvalue weighted by molar-refractivity contribution is 5.87. The highest BCUT2D eigenvalue weighted by Crippen LogP contribution is 2.07. The number of carbonyl (C=O) groups is 2. The van der Waals surface area contributed by atoms with Gasteiger partial charge in [-0.2, -0.15) is 0 Å². The molecule has 122 valence electrons. The molecule has 0 atom stereocenters. The predicted octanol–water partition coefficient (Wildman–Crippen LogP) is 2.85. The molecule has 0 bridgehead atoms. The van der Waals surface area contributed by atoms with Crippen molar-refractivity contribution in [2.75, 3.05) is 26.2 Å². The fourth-order valence-corrected chi connectivity index (χ4v) is 1.96. The second kappa shape index (κ2) is 12.4. The molecule has 0 saturated carbocycles. The molecule has 0 aliphatic rings. The molecule has 0 aliphatic heterocycles. The second-order valence-corrected chi connectivity index (χ2v) is 4.95. The largest absolute Gasteiger partial charge is 0.478 e. The van der Waals surface area contributed by atoms with Crippen LogP contribution < -0.4 is 0 Å². The summed E-state index contributed by atoms with van der Waals surface area (Å²) in [6.45, 7) is 7.84. The molecule has 1 N–H and O–H groups in total. The third kappa shape index (κ3) is 10.1. The first-order valence-corrected chi connectivity index (χ1v) is 7.85. The van der Waals surface area contributed by atoms with Crippen molar-refractivity contribution in [3.05, 3.63) is 11.6 Å². The van der Waals surface area contributed by atoms with Crippen LogP contribution in [0.15, 0.2) is 11.6 Å².